The van der Waals surface area contributed by atoms with Gasteiger partial charge in [0.1, 0.15) is 23.0 Å². The van der Waals surface area contributed by atoms with E-state index < -0.39 is 0 Å². The van der Waals surface area contributed by atoms with Crippen LogP contribution in [0.4, 0.5) is 0 Å². The highest BCUT2D eigenvalue weighted by molar-refractivity contribution is 9.10. The van der Waals surface area contributed by atoms with Gasteiger partial charge >= 0.3 is 0 Å². The predicted molar refractivity (Wildman–Crippen MR) is 144 cm³/mol. The molecular weight excluding hydrogens is 508 g/mol. The molecule has 0 radical (unpaired) electrons. The standard InChI is InChI=1S/C28H29BrN2O2S/c1-16-5-7-17(8-6-16)15-33-22-12-10-19(29)14-21(22)25-30-26(32)24-20-11-9-18(28(2,3)4)13-23(20)34-27(24)31-25/h5-8,10,12,14,18H,9,11,13,15H2,1-4H3,(H,30,31,32). The molecule has 1 aliphatic rings. The van der Waals surface area contributed by atoms with Gasteiger partial charge < -0.3 is 9.72 Å². The summed E-state index contributed by atoms with van der Waals surface area (Å²) in [6.07, 6.45) is 3.09. The molecule has 0 saturated carbocycles. The van der Waals surface area contributed by atoms with Crippen LogP contribution in [0.1, 0.15) is 48.8 Å². The summed E-state index contributed by atoms with van der Waals surface area (Å²) in [5.41, 5.74) is 4.49. The van der Waals surface area contributed by atoms with Crippen molar-refractivity contribution in [1.82, 2.24) is 9.97 Å². The number of H-pyrrole nitrogens is 1. The molecule has 0 fully saturated rings. The zero-order valence-electron chi connectivity index (χ0n) is 20.0. The topological polar surface area (TPSA) is 55.0 Å². The number of hydrogen-bond acceptors (Lipinski definition) is 4. The first-order valence-electron chi connectivity index (χ1n) is 11.7. The van der Waals surface area contributed by atoms with Gasteiger partial charge in [-0.1, -0.05) is 66.5 Å². The normalized spacial score (nSPS) is 16.0. The number of halogens is 1. The molecule has 2 aromatic heterocycles. The van der Waals surface area contributed by atoms with Crippen LogP contribution in [0.2, 0.25) is 0 Å². The van der Waals surface area contributed by atoms with E-state index >= 15 is 0 Å². The van der Waals surface area contributed by atoms with Gasteiger partial charge in [-0.15, -0.1) is 11.3 Å². The Morgan fingerprint density at radius 1 is 1.18 bits per heavy atom. The number of aromatic nitrogens is 2. The van der Waals surface area contributed by atoms with Crippen LogP contribution in [0, 0.1) is 18.3 Å². The summed E-state index contributed by atoms with van der Waals surface area (Å²) in [5, 5.41) is 0.772. The molecule has 0 spiro atoms. The Labute approximate surface area is 212 Å². The Kier molecular flexibility index (Phi) is 6.15. The summed E-state index contributed by atoms with van der Waals surface area (Å²) in [6.45, 7) is 9.45. The minimum absolute atomic E-state index is 0.0591. The number of aryl methyl sites for hydroxylation is 2. The van der Waals surface area contributed by atoms with Gasteiger partial charge in [0.25, 0.3) is 5.56 Å². The molecule has 4 nitrogen and oxygen atoms in total. The van der Waals surface area contributed by atoms with Gasteiger partial charge in [0.15, 0.2) is 0 Å². The summed E-state index contributed by atoms with van der Waals surface area (Å²) in [7, 11) is 0. The summed E-state index contributed by atoms with van der Waals surface area (Å²) >= 11 is 5.25. The number of hydrogen-bond donors (Lipinski definition) is 1. The second-order valence-electron chi connectivity index (χ2n) is 10.3. The number of nitrogens with zero attached hydrogens (tertiary/aromatic N) is 1. The van der Waals surface area contributed by atoms with Gasteiger partial charge in [-0.3, -0.25) is 4.79 Å². The molecule has 0 amide bonds. The molecule has 2 aromatic carbocycles. The molecule has 1 atom stereocenters. The van der Waals surface area contributed by atoms with Crippen LogP contribution in [0.25, 0.3) is 21.6 Å². The molecule has 1 N–H and O–H groups in total. The van der Waals surface area contributed by atoms with E-state index in [1.807, 2.05) is 18.2 Å². The number of nitrogens with one attached hydrogen (secondary N) is 1. The molecule has 34 heavy (non-hydrogen) atoms. The molecule has 5 rings (SSSR count). The third kappa shape index (κ3) is 4.58. The van der Waals surface area contributed by atoms with Gasteiger partial charge in [-0.25, -0.2) is 4.98 Å². The number of aromatic amines is 1. The fraction of sp³-hybridized carbons (Fsp3) is 0.357. The Balaban J connectivity index is 1.51. The van der Waals surface area contributed by atoms with Crippen LogP contribution in [0.15, 0.2) is 51.7 Å². The SMILES string of the molecule is Cc1ccc(COc2ccc(Br)cc2-c2nc3sc4c(c3c(=O)[nH]2)CCC(C(C)(C)C)C4)cc1. The minimum Gasteiger partial charge on any atom is -0.488 e. The van der Waals surface area contributed by atoms with E-state index in [0.29, 0.717) is 24.1 Å². The fourth-order valence-electron chi connectivity index (χ4n) is 4.71. The maximum Gasteiger partial charge on any atom is 0.260 e. The number of fused-ring (bicyclic) bond motifs is 3. The van der Waals surface area contributed by atoms with Crippen molar-refractivity contribution < 1.29 is 4.74 Å². The van der Waals surface area contributed by atoms with Crippen LogP contribution in [-0.4, -0.2) is 9.97 Å². The predicted octanol–water partition coefficient (Wildman–Crippen LogP) is 7.45. The monoisotopic (exact) mass is 536 g/mol. The summed E-state index contributed by atoms with van der Waals surface area (Å²) in [4.78, 5) is 23.4. The average Bonchev–Trinajstić information content (AvgIpc) is 3.17. The number of benzene rings is 2. The summed E-state index contributed by atoms with van der Waals surface area (Å²) in [5.74, 6) is 1.86. The van der Waals surface area contributed by atoms with E-state index in [4.69, 9.17) is 9.72 Å². The van der Waals surface area contributed by atoms with E-state index in [-0.39, 0.29) is 11.0 Å². The highest BCUT2D eigenvalue weighted by atomic mass is 79.9. The van der Waals surface area contributed by atoms with Crippen LogP contribution < -0.4 is 10.3 Å². The van der Waals surface area contributed by atoms with Gasteiger partial charge in [-0.05, 0) is 66.8 Å². The number of thiophene rings is 1. The Morgan fingerprint density at radius 2 is 1.94 bits per heavy atom. The van der Waals surface area contributed by atoms with Crippen molar-refractivity contribution in [2.75, 3.05) is 0 Å². The van der Waals surface area contributed by atoms with E-state index in [1.165, 1.54) is 16.0 Å². The fourth-order valence-corrected chi connectivity index (χ4v) is 6.37. The third-order valence-electron chi connectivity index (χ3n) is 6.86. The molecule has 1 unspecified atom stereocenters. The second-order valence-corrected chi connectivity index (χ2v) is 12.3. The van der Waals surface area contributed by atoms with E-state index in [2.05, 4.69) is 72.9 Å². The largest absolute Gasteiger partial charge is 0.488 e. The van der Waals surface area contributed by atoms with E-state index in [1.54, 1.807) is 11.3 Å². The van der Waals surface area contributed by atoms with E-state index in [9.17, 15) is 4.79 Å². The molecule has 0 bridgehead atoms. The van der Waals surface area contributed by atoms with Crippen molar-refractivity contribution in [3.63, 3.8) is 0 Å². The van der Waals surface area contributed by atoms with Crippen LogP contribution in [0.5, 0.6) is 5.75 Å². The average molecular weight is 538 g/mol. The summed E-state index contributed by atoms with van der Waals surface area (Å²) < 4.78 is 7.09. The van der Waals surface area contributed by atoms with Crippen molar-refractivity contribution >= 4 is 37.5 Å². The van der Waals surface area contributed by atoms with Crippen molar-refractivity contribution in [2.45, 2.75) is 53.6 Å². The maximum atomic E-state index is 13.3. The first-order chi connectivity index (χ1) is 16.2. The van der Waals surface area contributed by atoms with E-state index in [0.717, 1.165) is 45.1 Å². The zero-order chi connectivity index (χ0) is 24.0. The second kappa shape index (κ2) is 8.97. The zero-order valence-corrected chi connectivity index (χ0v) is 22.4. The molecule has 2 heterocycles. The lowest BCUT2D eigenvalue weighted by atomic mass is 9.72. The third-order valence-corrected chi connectivity index (χ3v) is 8.50. The first kappa shape index (κ1) is 23.3. The number of ether oxygens (including phenoxy) is 1. The quantitative estimate of drug-likeness (QED) is 0.294. The lowest BCUT2D eigenvalue weighted by Crippen LogP contribution is -2.26. The lowest BCUT2D eigenvalue weighted by molar-refractivity contribution is 0.218. The van der Waals surface area contributed by atoms with Crippen molar-refractivity contribution in [3.8, 4) is 17.1 Å². The van der Waals surface area contributed by atoms with Crippen molar-refractivity contribution in [2.24, 2.45) is 11.3 Å². The van der Waals surface area contributed by atoms with Gasteiger partial charge in [0.2, 0.25) is 0 Å². The van der Waals surface area contributed by atoms with Crippen molar-refractivity contribution in [1.29, 1.82) is 0 Å². The molecule has 1 aliphatic carbocycles. The highest BCUT2D eigenvalue weighted by Crippen LogP contribution is 2.42. The number of rotatable bonds is 4. The molecular formula is C28H29BrN2O2S. The molecule has 176 valence electrons. The van der Waals surface area contributed by atoms with Crippen LogP contribution in [0.3, 0.4) is 0 Å². The molecule has 4 aromatic rings. The minimum atomic E-state index is -0.0591. The smallest absolute Gasteiger partial charge is 0.260 e. The van der Waals surface area contributed by atoms with Crippen LogP contribution in [-0.2, 0) is 19.4 Å². The van der Waals surface area contributed by atoms with Gasteiger partial charge in [-0.2, -0.15) is 0 Å². The summed E-state index contributed by atoms with van der Waals surface area (Å²) in [6, 6.07) is 14.1. The maximum absolute atomic E-state index is 13.3. The molecule has 0 aliphatic heterocycles. The molecule has 6 heteroatoms. The van der Waals surface area contributed by atoms with Gasteiger partial charge in [0.05, 0.1) is 10.9 Å². The molecule has 0 saturated heterocycles. The van der Waals surface area contributed by atoms with Crippen molar-refractivity contribution in [3.05, 3.63) is 78.9 Å². The first-order valence-corrected chi connectivity index (χ1v) is 13.3. The highest BCUT2D eigenvalue weighted by Gasteiger charge is 2.31. The Bertz CT molecular complexity index is 1410. The lowest BCUT2D eigenvalue weighted by Gasteiger charge is -2.33. The Morgan fingerprint density at radius 3 is 2.68 bits per heavy atom. The van der Waals surface area contributed by atoms with Crippen LogP contribution >= 0.6 is 27.3 Å². The van der Waals surface area contributed by atoms with Gasteiger partial charge in [0, 0.05) is 9.35 Å². The Hall–Kier alpha value is -2.44.